The normalized spacial score (nSPS) is 15.5. The fraction of sp³-hybridized carbons (Fsp3) is 0.500. The van der Waals surface area contributed by atoms with E-state index in [0.717, 1.165) is 50.2 Å². The molecule has 2 heterocycles. The Labute approximate surface area is 130 Å². The highest BCUT2D eigenvalue weighted by Gasteiger charge is 2.23. The van der Waals surface area contributed by atoms with Crippen LogP contribution in [0.1, 0.15) is 12.8 Å². The van der Waals surface area contributed by atoms with Crippen LogP contribution in [-0.4, -0.2) is 55.6 Å². The molecule has 0 unspecified atom stereocenters. The number of fused-ring (bicyclic) bond motifs is 1. The zero-order valence-electron chi connectivity index (χ0n) is 12.9. The summed E-state index contributed by atoms with van der Waals surface area (Å²) in [5.74, 6) is 0.243. The second-order valence-electron chi connectivity index (χ2n) is 5.54. The van der Waals surface area contributed by atoms with E-state index in [0.29, 0.717) is 12.4 Å². The van der Waals surface area contributed by atoms with Crippen molar-refractivity contribution in [1.29, 1.82) is 0 Å². The molecule has 1 aromatic carbocycles. The van der Waals surface area contributed by atoms with E-state index < -0.39 is 0 Å². The minimum absolute atomic E-state index is 0.243. The molecule has 1 aliphatic rings. The van der Waals surface area contributed by atoms with Crippen LogP contribution < -0.4 is 10.2 Å². The van der Waals surface area contributed by atoms with Crippen molar-refractivity contribution in [3.05, 3.63) is 24.3 Å². The summed E-state index contributed by atoms with van der Waals surface area (Å²) in [4.78, 5) is 20.7. The molecule has 22 heavy (non-hydrogen) atoms. The van der Waals surface area contributed by atoms with Crippen molar-refractivity contribution in [2.75, 3.05) is 44.7 Å². The van der Waals surface area contributed by atoms with Gasteiger partial charge in [0.1, 0.15) is 5.52 Å². The largest absolute Gasteiger partial charge is 0.423 e. The lowest BCUT2D eigenvalue weighted by Gasteiger charge is -2.33. The van der Waals surface area contributed by atoms with Gasteiger partial charge in [0.05, 0.1) is 0 Å². The maximum absolute atomic E-state index is 12.1. The van der Waals surface area contributed by atoms with Crippen LogP contribution in [0.4, 0.5) is 6.01 Å². The maximum atomic E-state index is 12.1. The summed E-state index contributed by atoms with van der Waals surface area (Å²) in [5.41, 5.74) is 1.69. The number of carbonyl (C=O) groups excluding carboxylic acids is 1. The first-order valence-corrected chi connectivity index (χ1v) is 7.81. The van der Waals surface area contributed by atoms with Crippen LogP contribution in [0.2, 0.25) is 0 Å². The first-order chi connectivity index (χ1) is 10.8. The van der Waals surface area contributed by atoms with Gasteiger partial charge in [0.25, 0.3) is 6.01 Å². The van der Waals surface area contributed by atoms with Gasteiger partial charge in [-0.2, -0.15) is 4.98 Å². The number of oxazole rings is 1. The van der Waals surface area contributed by atoms with E-state index in [4.69, 9.17) is 4.42 Å². The lowest BCUT2D eigenvalue weighted by molar-refractivity contribution is -0.131. The smallest absolute Gasteiger partial charge is 0.298 e. The molecule has 1 aliphatic heterocycles. The van der Waals surface area contributed by atoms with Crippen molar-refractivity contribution in [1.82, 2.24) is 15.2 Å². The molecule has 0 saturated carbocycles. The summed E-state index contributed by atoms with van der Waals surface area (Å²) < 4.78 is 5.79. The monoisotopic (exact) mass is 302 g/mol. The Kier molecular flexibility index (Phi) is 4.58. The topological polar surface area (TPSA) is 61.6 Å². The van der Waals surface area contributed by atoms with Crippen LogP contribution >= 0.6 is 0 Å². The third kappa shape index (κ3) is 3.22. The molecule has 0 aliphatic carbocycles. The molecule has 6 heteroatoms. The lowest BCUT2D eigenvalue weighted by atomic mass is 10.2. The highest BCUT2D eigenvalue weighted by Crippen LogP contribution is 2.22. The number of piperazine rings is 1. The fourth-order valence-corrected chi connectivity index (χ4v) is 2.72. The number of hydrogen-bond acceptors (Lipinski definition) is 5. The van der Waals surface area contributed by atoms with Gasteiger partial charge in [-0.15, -0.1) is 0 Å². The Morgan fingerprint density at radius 3 is 2.77 bits per heavy atom. The van der Waals surface area contributed by atoms with Gasteiger partial charge in [-0.05, 0) is 32.1 Å². The molecule has 1 saturated heterocycles. The van der Waals surface area contributed by atoms with E-state index >= 15 is 0 Å². The SMILES string of the molecule is CNCCCC(=O)N1CCN(c2nc3ccccc3o2)CC1. The molecule has 1 N–H and O–H groups in total. The van der Waals surface area contributed by atoms with Gasteiger partial charge in [-0.25, -0.2) is 0 Å². The second kappa shape index (κ2) is 6.79. The number of para-hydroxylation sites is 2. The van der Waals surface area contributed by atoms with Crippen LogP contribution in [0, 0.1) is 0 Å². The predicted octanol–water partition coefficient (Wildman–Crippen LogP) is 1.48. The van der Waals surface area contributed by atoms with Gasteiger partial charge in [0.2, 0.25) is 5.91 Å². The van der Waals surface area contributed by atoms with E-state index in [1.807, 2.05) is 36.2 Å². The molecular formula is C16H22N4O2. The summed E-state index contributed by atoms with van der Waals surface area (Å²) in [6.45, 7) is 3.89. The summed E-state index contributed by atoms with van der Waals surface area (Å²) in [6, 6.07) is 8.43. The predicted molar refractivity (Wildman–Crippen MR) is 86.0 cm³/mol. The number of benzene rings is 1. The Morgan fingerprint density at radius 2 is 2.05 bits per heavy atom. The number of nitrogens with zero attached hydrogens (tertiary/aromatic N) is 3. The van der Waals surface area contributed by atoms with Gasteiger partial charge in [-0.1, -0.05) is 12.1 Å². The molecular weight excluding hydrogens is 280 g/mol. The number of hydrogen-bond donors (Lipinski definition) is 1. The van der Waals surface area contributed by atoms with Gasteiger partial charge in [0.15, 0.2) is 5.58 Å². The van der Waals surface area contributed by atoms with E-state index in [1.165, 1.54) is 0 Å². The zero-order valence-corrected chi connectivity index (χ0v) is 12.9. The average molecular weight is 302 g/mol. The van der Waals surface area contributed by atoms with Gasteiger partial charge < -0.3 is 19.5 Å². The molecule has 0 atom stereocenters. The first kappa shape index (κ1) is 14.8. The van der Waals surface area contributed by atoms with Crippen LogP contribution in [0.15, 0.2) is 28.7 Å². The van der Waals surface area contributed by atoms with Gasteiger partial charge in [0, 0.05) is 32.6 Å². The minimum atomic E-state index is 0.243. The lowest BCUT2D eigenvalue weighted by Crippen LogP contribution is -2.49. The maximum Gasteiger partial charge on any atom is 0.298 e. The average Bonchev–Trinajstić information content (AvgIpc) is 2.99. The van der Waals surface area contributed by atoms with Gasteiger partial charge in [-0.3, -0.25) is 4.79 Å². The number of rotatable bonds is 5. The summed E-state index contributed by atoms with van der Waals surface area (Å²) in [6.07, 6.45) is 1.50. The highest BCUT2D eigenvalue weighted by molar-refractivity contribution is 5.77. The van der Waals surface area contributed by atoms with Crippen molar-refractivity contribution >= 4 is 23.0 Å². The molecule has 6 nitrogen and oxygen atoms in total. The zero-order chi connectivity index (χ0) is 15.4. The Balaban J connectivity index is 1.56. The fourth-order valence-electron chi connectivity index (χ4n) is 2.72. The van der Waals surface area contributed by atoms with Crippen LogP contribution in [-0.2, 0) is 4.79 Å². The summed E-state index contributed by atoms with van der Waals surface area (Å²) >= 11 is 0. The number of nitrogens with one attached hydrogen (secondary N) is 1. The van der Waals surface area contributed by atoms with E-state index in [9.17, 15) is 4.79 Å². The Morgan fingerprint density at radius 1 is 1.27 bits per heavy atom. The van der Waals surface area contributed by atoms with Crippen molar-refractivity contribution in [2.45, 2.75) is 12.8 Å². The third-order valence-corrected chi connectivity index (χ3v) is 4.00. The summed E-state index contributed by atoms with van der Waals surface area (Å²) in [7, 11) is 1.91. The van der Waals surface area contributed by atoms with E-state index in [-0.39, 0.29) is 5.91 Å². The van der Waals surface area contributed by atoms with Crippen molar-refractivity contribution in [2.24, 2.45) is 0 Å². The number of aromatic nitrogens is 1. The van der Waals surface area contributed by atoms with E-state index in [2.05, 4.69) is 15.2 Å². The molecule has 118 valence electrons. The van der Waals surface area contributed by atoms with Gasteiger partial charge >= 0.3 is 0 Å². The molecule has 0 bridgehead atoms. The minimum Gasteiger partial charge on any atom is -0.423 e. The molecule has 1 aromatic heterocycles. The summed E-state index contributed by atoms with van der Waals surface area (Å²) in [5, 5.41) is 3.07. The molecule has 1 fully saturated rings. The number of carbonyl (C=O) groups is 1. The third-order valence-electron chi connectivity index (χ3n) is 4.00. The van der Waals surface area contributed by atoms with Crippen molar-refractivity contribution < 1.29 is 9.21 Å². The van der Waals surface area contributed by atoms with Crippen LogP contribution in [0.5, 0.6) is 0 Å². The van der Waals surface area contributed by atoms with Crippen LogP contribution in [0.25, 0.3) is 11.1 Å². The highest BCUT2D eigenvalue weighted by atomic mass is 16.4. The van der Waals surface area contributed by atoms with E-state index in [1.54, 1.807) is 0 Å². The van der Waals surface area contributed by atoms with Crippen molar-refractivity contribution in [3.8, 4) is 0 Å². The first-order valence-electron chi connectivity index (χ1n) is 7.81. The van der Waals surface area contributed by atoms with Crippen LogP contribution in [0.3, 0.4) is 0 Å². The standard InChI is InChI=1S/C16H22N4O2/c1-17-8-4-7-15(21)19-9-11-20(12-10-19)16-18-13-5-2-3-6-14(13)22-16/h2-3,5-6,17H,4,7-12H2,1H3. The Hall–Kier alpha value is -2.08. The second-order valence-corrected chi connectivity index (χ2v) is 5.54. The molecule has 0 radical (unpaired) electrons. The molecule has 0 spiro atoms. The quantitative estimate of drug-likeness (QED) is 0.848. The molecule has 1 amide bonds. The molecule has 3 rings (SSSR count). The Bertz CT molecular complexity index is 599. The van der Waals surface area contributed by atoms with Crippen molar-refractivity contribution in [3.63, 3.8) is 0 Å². The number of amides is 1. The molecule has 2 aromatic rings. The number of anilines is 1.